The Morgan fingerprint density at radius 2 is 1.37 bits per heavy atom. The van der Waals surface area contributed by atoms with Gasteiger partial charge in [0.05, 0.1) is 39.6 Å². The molecule has 0 saturated heterocycles. The number of aryl methyl sites for hydroxylation is 3. The number of hydrogen-bond acceptors (Lipinski definition) is 6. The van der Waals surface area contributed by atoms with E-state index in [9.17, 15) is 9.36 Å². The van der Waals surface area contributed by atoms with Gasteiger partial charge in [-0.1, -0.05) is 35.9 Å². The standard InChI is InChI=1S/C23H31O6P/c1-18-16-19(2)22(20(3)17-18)23(24)30(25,21-8-6-5-7-9-21)29-15-14-28-13-12-27-11-10-26-4/h5-9,16-17H,10-15H2,1-4H3. The molecule has 0 aliphatic rings. The van der Waals surface area contributed by atoms with Crippen LogP contribution in [0, 0.1) is 20.8 Å². The molecule has 1 atom stereocenters. The fourth-order valence-corrected chi connectivity index (χ4v) is 5.27. The molecule has 0 amide bonds. The lowest BCUT2D eigenvalue weighted by Gasteiger charge is -2.20. The first kappa shape index (κ1) is 24.4. The average molecular weight is 434 g/mol. The van der Waals surface area contributed by atoms with E-state index in [1.165, 1.54) is 0 Å². The van der Waals surface area contributed by atoms with E-state index in [-0.39, 0.29) is 13.2 Å². The predicted octanol–water partition coefficient (Wildman–Crippen LogP) is 4.05. The molecule has 6 nitrogen and oxygen atoms in total. The van der Waals surface area contributed by atoms with E-state index >= 15 is 0 Å². The van der Waals surface area contributed by atoms with Gasteiger partial charge in [-0.05, 0) is 44.0 Å². The molecule has 0 spiro atoms. The van der Waals surface area contributed by atoms with E-state index in [2.05, 4.69) is 0 Å². The summed E-state index contributed by atoms with van der Waals surface area (Å²) in [5.74, 6) is 0. The van der Waals surface area contributed by atoms with Gasteiger partial charge in [-0.3, -0.25) is 9.36 Å². The zero-order valence-corrected chi connectivity index (χ0v) is 19.1. The number of methoxy groups -OCH3 is 1. The van der Waals surface area contributed by atoms with Crippen molar-refractivity contribution >= 4 is 18.2 Å². The SMILES string of the molecule is COCCOCCOCCOP(=O)(C(=O)c1c(C)cc(C)cc1C)c1ccccc1. The molecule has 0 saturated carbocycles. The second kappa shape index (κ2) is 12.1. The maximum Gasteiger partial charge on any atom is 0.300 e. The van der Waals surface area contributed by atoms with Crippen molar-refractivity contribution in [2.45, 2.75) is 20.8 Å². The highest BCUT2D eigenvalue weighted by Gasteiger charge is 2.37. The van der Waals surface area contributed by atoms with Crippen LogP contribution < -0.4 is 5.30 Å². The molecule has 0 aliphatic carbocycles. The minimum absolute atomic E-state index is 0.0416. The normalized spacial score (nSPS) is 13.2. The van der Waals surface area contributed by atoms with Crippen LogP contribution in [0.2, 0.25) is 0 Å². The van der Waals surface area contributed by atoms with Gasteiger partial charge < -0.3 is 18.7 Å². The summed E-state index contributed by atoms with van der Waals surface area (Å²) in [5, 5.41) is 0.386. The van der Waals surface area contributed by atoms with Crippen LogP contribution in [-0.4, -0.2) is 52.3 Å². The van der Waals surface area contributed by atoms with Gasteiger partial charge in [0.1, 0.15) is 0 Å². The zero-order valence-electron chi connectivity index (χ0n) is 18.2. The first-order valence-electron chi connectivity index (χ1n) is 9.97. The Kier molecular flexibility index (Phi) is 9.89. The van der Waals surface area contributed by atoms with E-state index in [1.54, 1.807) is 31.4 Å². The molecule has 0 aliphatic heterocycles. The van der Waals surface area contributed by atoms with Crippen molar-refractivity contribution in [3.63, 3.8) is 0 Å². The van der Waals surface area contributed by atoms with E-state index < -0.39 is 12.9 Å². The molecule has 0 N–H and O–H groups in total. The molecule has 0 heterocycles. The Hall–Kier alpha value is -1.82. The lowest BCUT2D eigenvalue weighted by atomic mass is 10.0. The van der Waals surface area contributed by atoms with Crippen molar-refractivity contribution in [2.24, 2.45) is 0 Å². The fraction of sp³-hybridized carbons (Fsp3) is 0.435. The Bertz CT molecular complexity index is 842. The molecule has 0 fully saturated rings. The lowest BCUT2D eigenvalue weighted by Crippen LogP contribution is -2.19. The largest absolute Gasteiger partial charge is 0.382 e. The van der Waals surface area contributed by atoms with Crippen molar-refractivity contribution in [1.29, 1.82) is 0 Å². The van der Waals surface area contributed by atoms with E-state index in [0.29, 0.717) is 37.3 Å². The summed E-state index contributed by atoms with van der Waals surface area (Å²) in [6.45, 7) is 7.78. The first-order valence-corrected chi connectivity index (χ1v) is 11.6. The fourth-order valence-electron chi connectivity index (χ4n) is 3.23. The maximum absolute atomic E-state index is 13.8. The van der Waals surface area contributed by atoms with Crippen molar-refractivity contribution in [3.05, 3.63) is 64.7 Å². The van der Waals surface area contributed by atoms with Crippen LogP contribution in [0.15, 0.2) is 42.5 Å². The Labute approximate surface area is 178 Å². The number of ether oxygens (including phenoxy) is 3. The van der Waals surface area contributed by atoms with Crippen LogP contribution in [-0.2, 0) is 23.3 Å². The van der Waals surface area contributed by atoms with Gasteiger partial charge >= 0.3 is 7.37 Å². The van der Waals surface area contributed by atoms with E-state index in [1.807, 2.05) is 39.0 Å². The number of rotatable bonds is 13. The van der Waals surface area contributed by atoms with Crippen molar-refractivity contribution in [3.8, 4) is 0 Å². The highest BCUT2D eigenvalue weighted by atomic mass is 31.2. The summed E-state index contributed by atoms with van der Waals surface area (Å²) in [6.07, 6.45) is 0. The maximum atomic E-state index is 13.8. The van der Waals surface area contributed by atoms with Crippen molar-refractivity contribution in [1.82, 2.24) is 0 Å². The Morgan fingerprint density at radius 1 is 0.833 bits per heavy atom. The number of benzene rings is 2. The molecule has 0 aromatic heterocycles. The molecule has 30 heavy (non-hydrogen) atoms. The van der Waals surface area contributed by atoms with E-state index in [4.69, 9.17) is 18.7 Å². The summed E-state index contributed by atoms with van der Waals surface area (Å²) in [6, 6.07) is 12.5. The second-order valence-electron chi connectivity index (χ2n) is 7.02. The molecule has 164 valence electrons. The molecule has 7 heteroatoms. The van der Waals surface area contributed by atoms with Crippen LogP contribution >= 0.6 is 7.37 Å². The minimum Gasteiger partial charge on any atom is -0.382 e. The second-order valence-corrected chi connectivity index (χ2v) is 9.30. The third-order valence-corrected chi connectivity index (χ3v) is 6.84. The predicted molar refractivity (Wildman–Crippen MR) is 118 cm³/mol. The highest BCUT2D eigenvalue weighted by molar-refractivity contribution is 7.83. The van der Waals surface area contributed by atoms with Gasteiger partial charge in [0.15, 0.2) is 0 Å². The summed E-state index contributed by atoms with van der Waals surface area (Å²) >= 11 is 0. The van der Waals surface area contributed by atoms with Gasteiger partial charge in [0.25, 0.3) is 5.52 Å². The van der Waals surface area contributed by atoms with Gasteiger partial charge in [-0.2, -0.15) is 0 Å². The van der Waals surface area contributed by atoms with Gasteiger partial charge in [0.2, 0.25) is 0 Å². The molecular weight excluding hydrogens is 403 g/mol. The quantitative estimate of drug-likeness (QED) is 0.350. The van der Waals surface area contributed by atoms with Crippen LogP contribution in [0.25, 0.3) is 0 Å². The molecule has 2 aromatic carbocycles. The Morgan fingerprint density at radius 3 is 1.93 bits per heavy atom. The third-order valence-electron chi connectivity index (χ3n) is 4.56. The minimum atomic E-state index is -3.79. The van der Waals surface area contributed by atoms with Gasteiger partial charge in [-0.15, -0.1) is 0 Å². The topological polar surface area (TPSA) is 71.1 Å². The van der Waals surface area contributed by atoms with E-state index in [0.717, 1.165) is 16.7 Å². The van der Waals surface area contributed by atoms with Crippen LogP contribution in [0.3, 0.4) is 0 Å². The molecule has 2 aromatic rings. The summed E-state index contributed by atoms with van der Waals surface area (Å²) in [4.78, 5) is 13.4. The number of hydrogen-bond donors (Lipinski definition) is 0. The first-order chi connectivity index (χ1) is 14.4. The van der Waals surface area contributed by atoms with Crippen LogP contribution in [0.1, 0.15) is 27.0 Å². The number of carbonyl (C=O) groups excluding carboxylic acids is 1. The van der Waals surface area contributed by atoms with Crippen molar-refractivity contribution < 1.29 is 28.1 Å². The molecule has 0 bridgehead atoms. The zero-order chi connectivity index (χ0) is 22.0. The lowest BCUT2D eigenvalue weighted by molar-refractivity contribution is 0.0183. The highest BCUT2D eigenvalue weighted by Crippen LogP contribution is 2.50. The number of carbonyl (C=O) groups is 1. The van der Waals surface area contributed by atoms with Crippen molar-refractivity contribution in [2.75, 3.05) is 46.8 Å². The smallest absolute Gasteiger partial charge is 0.300 e. The Balaban J connectivity index is 2.09. The molecule has 1 unspecified atom stereocenters. The summed E-state index contributed by atoms with van der Waals surface area (Å²) in [7, 11) is -2.18. The van der Waals surface area contributed by atoms with Gasteiger partial charge in [-0.25, -0.2) is 0 Å². The third kappa shape index (κ3) is 6.59. The molecular formula is C23H31O6P. The molecule has 2 rings (SSSR count). The monoisotopic (exact) mass is 434 g/mol. The average Bonchev–Trinajstić information content (AvgIpc) is 2.72. The summed E-state index contributed by atoms with van der Waals surface area (Å²) in [5.41, 5.74) is 2.62. The summed E-state index contributed by atoms with van der Waals surface area (Å²) < 4.78 is 35.3. The van der Waals surface area contributed by atoms with Gasteiger partial charge in [0, 0.05) is 18.0 Å². The van der Waals surface area contributed by atoms with Crippen LogP contribution in [0.5, 0.6) is 0 Å². The molecule has 0 radical (unpaired) electrons. The van der Waals surface area contributed by atoms with Crippen LogP contribution in [0.4, 0.5) is 0 Å².